The van der Waals surface area contributed by atoms with Gasteiger partial charge in [-0.1, -0.05) is 27.2 Å². The molecule has 2 unspecified atom stereocenters. The van der Waals surface area contributed by atoms with Gasteiger partial charge in [-0.3, -0.25) is 4.79 Å². The fourth-order valence-electron chi connectivity index (χ4n) is 2.58. The van der Waals surface area contributed by atoms with Crippen molar-refractivity contribution in [1.82, 2.24) is 4.31 Å². The number of carboxylic acid groups (broad SMARTS) is 1. The molecule has 1 rings (SSSR count). The van der Waals surface area contributed by atoms with Crippen LogP contribution in [0.2, 0.25) is 0 Å². The molecule has 6 heteroatoms. The van der Waals surface area contributed by atoms with Crippen molar-refractivity contribution in [2.24, 2.45) is 11.8 Å². The molecule has 1 aliphatic rings. The molecule has 0 saturated heterocycles. The molecule has 5 nitrogen and oxygen atoms in total. The van der Waals surface area contributed by atoms with Crippen molar-refractivity contribution >= 4 is 16.0 Å². The van der Waals surface area contributed by atoms with Crippen molar-refractivity contribution in [1.29, 1.82) is 0 Å². The van der Waals surface area contributed by atoms with E-state index >= 15 is 0 Å². The maximum atomic E-state index is 12.5. The standard InChI is InChI=1S/C12H23NO4S/c1-4-13(8-9(2)3)18(16,17)11-7-5-6-10(11)12(14)15/h9-11H,4-8H2,1-3H3,(H,14,15). The lowest BCUT2D eigenvalue weighted by Crippen LogP contribution is -2.43. The molecule has 2 atom stereocenters. The maximum absolute atomic E-state index is 12.5. The number of carbonyl (C=O) groups is 1. The summed E-state index contributed by atoms with van der Waals surface area (Å²) in [6.45, 7) is 6.58. The van der Waals surface area contributed by atoms with E-state index in [9.17, 15) is 13.2 Å². The Hall–Kier alpha value is -0.620. The van der Waals surface area contributed by atoms with Gasteiger partial charge in [0.2, 0.25) is 10.0 Å². The predicted molar refractivity (Wildman–Crippen MR) is 69.8 cm³/mol. The minimum absolute atomic E-state index is 0.240. The lowest BCUT2D eigenvalue weighted by Gasteiger charge is -2.27. The van der Waals surface area contributed by atoms with Gasteiger partial charge in [-0.05, 0) is 18.8 Å². The number of aliphatic carboxylic acids is 1. The SMILES string of the molecule is CCN(CC(C)C)S(=O)(=O)C1CCCC1C(=O)O. The van der Waals surface area contributed by atoms with E-state index in [1.54, 1.807) is 6.92 Å². The summed E-state index contributed by atoms with van der Waals surface area (Å²) in [5.41, 5.74) is 0. The Morgan fingerprint density at radius 3 is 2.44 bits per heavy atom. The number of carboxylic acids is 1. The van der Waals surface area contributed by atoms with Gasteiger partial charge in [0.1, 0.15) is 0 Å². The Kier molecular flexibility index (Phi) is 5.16. The smallest absolute Gasteiger partial charge is 0.307 e. The lowest BCUT2D eigenvalue weighted by atomic mass is 10.1. The third-order valence-electron chi connectivity index (χ3n) is 3.43. The molecule has 18 heavy (non-hydrogen) atoms. The zero-order chi connectivity index (χ0) is 13.9. The Balaban J connectivity index is 2.93. The Morgan fingerprint density at radius 1 is 1.39 bits per heavy atom. The second-order valence-corrected chi connectivity index (χ2v) is 7.46. The topological polar surface area (TPSA) is 74.7 Å². The number of rotatable bonds is 6. The predicted octanol–water partition coefficient (Wildman–Crippen LogP) is 1.55. The van der Waals surface area contributed by atoms with Gasteiger partial charge in [0.05, 0.1) is 11.2 Å². The fourth-order valence-corrected chi connectivity index (χ4v) is 4.96. The van der Waals surface area contributed by atoms with Crippen molar-refractivity contribution in [3.05, 3.63) is 0 Å². The van der Waals surface area contributed by atoms with E-state index in [2.05, 4.69) is 0 Å². The van der Waals surface area contributed by atoms with Crippen molar-refractivity contribution in [2.75, 3.05) is 13.1 Å². The summed E-state index contributed by atoms with van der Waals surface area (Å²) >= 11 is 0. The first-order valence-corrected chi connectivity index (χ1v) is 8.02. The number of hydrogen-bond donors (Lipinski definition) is 1. The molecule has 0 radical (unpaired) electrons. The van der Waals surface area contributed by atoms with Crippen LogP contribution >= 0.6 is 0 Å². The fraction of sp³-hybridized carbons (Fsp3) is 0.917. The summed E-state index contributed by atoms with van der Waals surface area (Å²) in [6, 6.07) is 0. The van der Waals surface area contributed by atoms with Crippen molar-refractivity contribution < 1.29 is 18.3 Å². The summed E-state index contributed by atoms with van der Waals surface area (Å²) in [5.74, 6) is -1.48. The quantitative estimate of drug-likeness (QED) is 0.799. The Bertz CT molecular complexity index is 391. The molecule has 0 aliphatic heterocycles. The van der Waals surface area contributed by atoms with Crippen LogP contribution in [0.1, 0.15) is 40.0 Å². The van der Waals surface area contributed by atoms with E-state index in [4.69, 9.17) is 5.11 Å². The summed E-state index contributed by atoms with van der Waals surface area (Å²) < 4.78 is 26.4. The third kappa shape index (κ3) is 3.23. The summed E-state index contributed by atoms with van der Waals surface area (Å²) in [6.07, 6.45) is 1.62. The normalized spacial score (nSPS) is 24.9. The van der Waals surface area contributed by atoms with E-state index in [0.717, 1.165) is 0 Å². The van der Waals surface area contributed by atoms with Gasteiger partial charge in [-0.25, -0.2) is 12.7 Å². The number of nitrogens with zero attached hydrogens (tertiary/aromatic N) is 1. The third-order valence-corrected chi connectivity index (χ3v) is 5.89. The van der Waals surface area contributed by atoms with Crippen LogP contribution in [0, 0.1) is 11.8 Å². The molecule has 0 spiro atoms. The summed E-state index contributed by atoms with van der Waals surface area (Å²) in [5, 5.41) is 8.36. The summed E-state index contributed by atoms with van der Waals surface area (Å²) in [7, 11) is -3.49. The Labute approximate surface area is 109 Å². The number of hydrogen-bond acceptors (Lipinski definition) is 3. The van der Waals surface area contributed by atoms with Gasteiger partial charge in [0.25, 0.3) is 0 Å². The Morgan fingerprint density at radius 2 is 2.00 bits per heavy atom. The first-order valence-electron chi connectivity index (χ1n) is 6.52. The van der Waals surface area contributed by atoms with Crippen LogP contribution in [0.3, 0.4) is 0 Å². The average molecular weight is 277 g/mol. The van der Waals surface area contributed by atoms with Gasteiger partial charge in [0, 0.05) is 13.1 Å². The first-order chi connectivity index (χ1) is 8.30. The highest BCUT2D eigenvalue weighted by Crippen LogP contribution is 2.33. The molecular formula is C12H23NO4S. The zero-order valence-corrected chi connectivity index (χ0v) is 12.1. The van der Waals surface area contributed by atoms with Crippen molar-refractivity contribution in [3.8, 4) is 0 Å². The minimum atomic E-state index is -3.49. The van der Waals surface area contributed by atoms with Gasteiger partial charge < -0.3 is 5.11 Å². The van der Waals surface area contributed by atoms with Crippen molar-refractivity contribution in [2.45, 2.75) is 45.3 Å². The average Bonchev–Trinajstić information content (AvgIpc) is 2.74. The van der Waals surface area contributed by atoms with Crippen LogP contribution in [-0.4, -0.2) is 42.1 Å². The molecule has 0 heterocycles. The molecule has 106 valence electrons. The molecule has 0 aromatic heterocycles. The molecule has 0 aromatic rings. The van der Waals surface area contributed by atoms with Crippen LogP contribution in [0.15, 0.2) is 0 Å². The van der Waals surface area contributed by atoms with E-state index in [1.165, 1.54) is 4.31 Å². The molecule has 0 amide bonds. The van der Waals surface area contributed by atoms with Crippen molar-refractivity contribution in [3.63, 3.8) is 0 Å². The van der Waals surface area contributed by atoms with Gasteiger partial charge in [-0.15, -0.1) is 0 Å². The molecule has 0 aromatic carbocycles. The maximum Gasteiger partial charge on any atom is 0.307 e. The largest absolute Gasteiger partial charge is 0.481 e. The van der Waals surface area contributed by atoms with Gasteiger partial charge in [-0.2, -0.15) is 0 Å². The minimum Gasteiger partial charge on any atom is -0.481 e. The highest BCUT2D eigenvalue weighted by Gasteiger charge is 2.43. The second-order valence-electron chi connectivity index (χ2n) is 5.30. The van der Waals surface area contributed by atoms with E-state index in [1.807, 2.05) is 13.8 Å². The highest BCUT2D eigenvalue weighted by molar-refractivity contribution is 7.89. The van der Waals surface area contributed by atoms with Gasteiger partial charge in [0.15, 0.2) is 0 Å². The van der Waals surface area contributed by atoms with Crippen LogP contribution in [0.4, 0.5) is 0 Å². The summed E-state index contributed by atoms with van der Waals surface area (Å²) in [4.78, 5) is 11.1. The van der Waals surface area contributed by atoms with Crippen LogP contribution in [0.5, 0.6) is 0 Å². The van der Waals surface area contributed by atoms with Crippen LogP contribution in [0.25, 0.3) is 0 Å². The highest BCUT2D eigenvalue weighted by atomic mass is 32.2. The second kappa shape index (κ2) is 6.02. The van der Waals surface area contributed by atoms with Crippen LogP contribution < -0.4 is 0 Å². The first kappa shape index (κ1) is 15.4. The van der Waals surface area contributed by atoms with Crippen LogP contribution in [-0.2, 0) is 14.8 Å². The van der Waals surface area contributed by atoms with E-state index in [-0.39, 0.29) is 5.92 Å². The van der Waals surface area contributed by atoms with E-state index in [0.29, 0.717) is 32.4 Å². The molecule has 1 N–H and O–H groups in total. The molecular weight excluding hydrogens is 254 g/mol. The molecule has 1 aliphatic carbocycles. The lowest BCUT2D eigenvalue weighted by molar-refractivity contribution is -0.141. The van der Waals surface area contributed by atoms with Gasteiger partial charge >= 0.3 is 5.97 Å². The van der Waals surface area contributed by atoms with E-state index < -0.39 is 27.2 Å². The monoisotopic (exact) mass is 277 g/mol. The zero-order valence-electron chi connectivity index (χ0n) is 11.3. The molecule has 1 saturated carbocycles. The molecule has 1 fully saturated rings. The number of sulfonamides is 1. The molecule has 0 bridgehead atoms.